The Morgan fingerprint density at radius 2 is 1.81 bits per heavy atom. The van der Waals surface area contributed by atoms with Crippen LogP contribution in [0.5, 0.6) is 0 Å². The second kappa shape index (κ2) is 8.39. The summed E-state index contributed by atoms with van der Waals surface area (Å²) < 4.78 is 41.0. The first kappa shape index (κ1) is 21.5. The molecule has 2 heterocycles. The molecule has 1 fully saturated rings. The van der Waals surface area contributed by atoms with Gasteiger partial charge in [0.15, 0.2) is 0 Å². The van der Waals surface area contributed by atoms with Crippen LogP contribution < -0.4 is 10.2 Å². The molecular formula is C22H24FN3O4S. The quantitative estimate of drug-likeness (QED) is 0.784. The van der Waals surface area contributed by atoms with E-state index in [1.165, 1.54) is 40.4 Å². The summed E-state index contributed by atoms with van der Waals surface area (Å²) in [6.07, 6.45) is 2.88. The van der Waals surface area contributed by atoms with Gasteiger partial charge in [0.2, 0.25) is 21.8 Å². The van der Waals surface area contributed by atoms with Gasteiger partial charge in [-0.05, 0) is 54.8 Å². The molecular weight excluding hydrogens is 421 g/mol. The van der Waals surface area contributed by atoms with E-state index in [1.807, 2.05) is 0 Å². The van der Waals surface area contributed by atoms with Gasteiger partial charge in [-0.1, -0.05) is 12.5 Å². The zero-order valence-corrected chi connectivity index (χ0v) is 18.0. The van der Waals surface area contributed by atoms with Gasteiger partial charge in [-0.15, -0.1) is 0 Å². The first-order chi connectivity index (χ1) is 14.8. The lowest BCUT2D eigenvalue weighted by Crippen LogP contribution is -2.44. The molecule has 0 aromatic heterocycles. The number of halogens is 1. The molecule has 7 nitrogen and oxygen atoms in total. The summed E-state index contributed by atoms with van der Waals surface area (Å²) in [6, 6.07) is 9.30. The molecule has 4 rings (SSSR count). The van der Waals surface area contributed by atoms with Gasteiger partial charge >= 0.3 is 0 Å². The third-order valence-corrected chi connectivity index (χ3v) is 7.62. The molecule has 1 N–H and O–H groups in total. The van der Waals surface area contributed by atoms with Crippen LogP contribution in [0.3, 0.4) is 0 Å². The lowest BCUT2D eigenvalue weighted by molar-refractivity contribution is -0.122. The Morgan fingerprint density at radius 3 is 2.48 bits per heavy atom. The first-order valence-corrected chi connectivity index (χ1v) is 11.7. The molecule has 2 aromatic rings. The molecule has 1 saturated heterocycles. The second-order valence-corrected chi connectivity index (χ2v) is 9.80. The predicted octanol–water partition coefficient (Wildman–Crippen LogP) is 2.92. The van der Waals surface area contributed by atoms with Crippen LogP contribution in [0.2, 0.25) is 0 Å². The molecule has 164 valence electrons. The molecule has 0 spiro atoms. The van der Waals surface area contributed by atoms with Crippen LogP contribution in [0.25, 0.3) is 0 Å². The van der Waals surface area contributed by atoms with Crippen LogP contribution in [0, 0.1) is 5.82 Å². The molecule has 31 heavy (non-hydrogen) atoms. The summed E-state index contributed by atoms with van der Waals surface area (Å²) in [6.45, 7) is 2.35. The zero-order chi connectivity index (χ0) is 22.2. The summed E-state index contributed by atoms with van der Waals surface area (Å²) in [5, 5.41) is 2.64. The minimum absolute atomic E-state index is 0.169. The van der Waals surface area contributed by atoms with Crippen molar-refractivity contribution in [3.63, 3.8) is 0 Å². The maximum absolute atomic E-state index is 13.4. The van der Waals surface area contributed by atoms with Crippen molar-refractivity contribution in [2.75, 3.05) is 23.3 Å². The van der Waals surface area contributed by atoms with E-state index in [0.29, 0.717) is 24.3 Å². The third-order valence-electron chi connectivity index (χ3n) is 5.72. The molecule has 2 aliphatic heterocycles. The highest BCUT2D eigenvalue weighted by molar-refractivity contribution is 7.89. The molecule has 2 aliphatic rings. The molecule has 2 aromatic carbocycles. The molecule has 2 amide bonds. The number of benzene rings is 2. The molecule has 1 atom stereocenters. The molecule has 0 aliphatic carbocycles. The van der Waals surface area contributed by atoms with Crippen LogP contribution in [0.15, 0.2) is 47.4 Å². The van der Waals surface area contributed by atoms with E-state index in [1.54, 1.807) is 18.2 Å². The second-order valence-electron chi connectivity index (χ2n) is 7.86. The summed E-state index contributed by atoms with van der Waals surface area (Å²) in [5.74, 6) is -1.27. The number of piperidine rings is 1. The molecule has 0 radical (unpaired) electrons. The molecule has 0 bridgehead atoms. The van der Waals surface area contributed by atoms with Crippen molar-refractivity contribution in [3.8, 4) is 0 Å². The van der Waals surface area contributed by atoms with Crippen molar-refractivity contribution in [2.24, 2.45) is 0 Å². The number of nitrogens with one attached hydrogen (secondary N) is 1. The van der Waals surface area contributed by atoms with Gasteiger partial charge < -0.3 is 5.32 Å². The Bertz CT molecular complexity index is 1130. The topological polar surface area (TPSA) is 86.8 Å². The van der Waals surface area contributed by atoms with E-state index >= 15 is 0 Å². The number of rotatable bonds is 4. The average Bonchev–Trinajstić information content (AvgIpc) is 3.13. The van der Waals surface area contributed by atoms with Gasteiger partial charge in [0.1, 0.15) is 11.9 Å². The zero-order valence-electron chi connectivity index (χ0n) is 17.2. The number of hydrogen-bond acceptors (Lipinski definition) is 4. The smallest absolute Gasteiger partial charge is 0.247 e. The number of nitrogens with zero attached hydrogens (tertiary/aromatic N) is 2. The highest BCUT2D eigenvalue weighted by Gasteiger charge is 2.38. The summed E-state index contributed by atoms with van der Waals surface area (Å²) in [4.78, 5) is 26.7. The minimum Gasteiger partial charge on any atom is -0.324 e. The van der Waals surface area contributed by atoms with Gasteiger partial charge in [0.25, 0.3) is 0 Å². The number of anilines is 2. The van der Waals surface area contributed by atoms with Crippen molar-refractivity contribution in [1.82, 2.24) is 4.31 Å². The van der Waals surface area contributed by atoms with Crippen molar-refractivity contribution in [3.05, 3.63) is 53.8 Å². The van der Waals surface area contributed by atoms with Gasteiger partial charge in [-0.2, -0.15) is 4.31 Å². The predicted molar refractivity (Wildman–Crippen MR) is 115 cm³/mol. The number of hydrogen-bond donors (Lipinski definition) is 1. The highest BCUT2D eigenvalue weighted by Crippen LogP contribution is 2.35. The lowest BCUT2D eigenvalue weighted by atomic mass is 10.1. The van der Waals surface area contributed by atoms with Gasteiger partial charge in [-0.3, -0.25) is 14.5 Å². The van der Waals surface area contributed by atoms with Gasteiger partial charge in [0.05, 0.1) is 4.90 Å². The van der Waals surface area contributed by atoms with Crippen molar-refractivity contribution >= 4 is 33.2 Å². The standard InChI is InChI=1S/C22H24FN3O4S/c1-15(27)26-20-9-8-19(31(29,30)25-10-3-2-4-11-25)12-16(20)13-21(26)22(28)24-18-7-5-6-17(23)14-18/h5-9,12,14,21H,2-4,10-11,13H2,1H3,(H,24,28). The van der Waals surface area contributed by atoms with E-state index in [2.05, 4.69) is 5.32 Å². The van der Waals surface area contributed by atoms with Crippen molar-refractivity contribution < 1.29 is 22.4 Å². The Kier molecular flexibility index (Phi) is 5.81. The Hall–Kier alpha value is -2.78. The maximum atomic E-state index is 13.4. The van der Waals surface area contributed by atoms with E-state index in [0.717, 1.165) is 19.3 Å². The number of sulfonamides is 1. The van der Waals surface area contributed by atoms with E-state index in [-0.39, 0.29) is 22.9 Å². The van der Waals surface area contributed by atoms with Crippen LogP contribution in [0.1, 0.15) is 31.7 Å². The van der Waals surface area contributed by atoms with Crippen LogP contribution in [-0.2, 0) is 26.0 Å². The number of fused-ring (bicyclic) bond motifs is 1. The molecule has 9 heteroatoms. The Labute approximate surface area is 180 Å². The monoisotopic (exact) mass is 445 g/mol. The van der Waals surface area contributed by atoms with E-state index < -0.39 is 27.8 Å². The normalized spacial score (nSPS) is 19.2. The third kappa shape index (κ3) is 4.20. The SMILES string of the molecule is CC(=O)N1c2ccc(S(=O)(=O)N3CCCCC3)cc2CC1C(=O)Nc1cccc(F)c1. The van der Waals surface area contributed by atoms with E-state index in [9.17, 15) is 22.4 Å². The van der Waals surface area contributed by atoms with Crippen LogP contribution in [0.4, 0.5) is 15.8 Å². The first-order valence-electron chi connectivity index (χ1n) is 10.3. The Balaban J connectivity index is 1.61. The van der Waals surface area contributed by atoms with Crippen molar-refractivity contribution in [1.29, 1.82) is 0 Å². The number of carbonyl (C=O) groups excluding carboxylic acids is 2. The maximum Gasteiger partial charge on any atom is 0.247 e. The Morgan fingerprint density at radius 1 is 1.06 bits per heavy atom. The fourth-order valence-electron chi connectivity index (χ4n) is 4.23. The summed E-state index contributed by atoms with van der Waals surface area (Å²) >= 11 is 0. The summed E-state index contributed by atoms with van der Waals surface area (Å²) in [7, 11) is -3.62. The fraction of sp³-hybridized carbons (Fsp3) is 0.364. The summed E-state index contributed by atoms with van der Waals surface area (Å²) in [5.41, 5.74) is 1.43. The van der Waals surface area contributed by atoms with Gasteiger partial charge in [-0.25, -0.2) is 12.8 Å². The molecule has 1 unspecified atom stereocenters. The van der Waals surface area contributed by atoms with Crippen molar-refractivity contribution in [2.45, 2.75) is 43.5 Å². The van der Waals surface area contributed by atoms with Crippen LogP contribution in [-0.4, -0.2) is 43.7 Å². The lowest BCUT2D eigenvalue weighted by Gasteiger charge is -2.26. The fourth-order valence-corrected chi connectivity index (χ4v) is 5.80. The minimum atomic E-state index is -3.62. The number of amides is 2. The highest BCUT2D eigenvalue weighted by atomic mass is 32.2. The average molecular weight is 446 g/mol. The number of carbonyl (C=O) groups is 2. The van der Waals surface area contributed by atoms with Crippen LogP contribution >= 0.6 is 0 Å². The molecule has 0 saturated carbocycles. The largest absolute Gasteiger partial charge is 0.324 e. The van der Waals surface area contributed by atoms with Gasteiger partial charge in [0, 0.05) is 37.8 Å². The van der Waals surface area contributed by atoms with E-state index in [4.69, 9.17) is 0 Å².